The Kier molecular flexibility index (Phi) is 7.47. The Morgan fingerprint density at radius 1 is 0.806 bits per heavy atom. The predicted octanol–water partition coefficient (Wildman–Crippen LogP) is 9.13. The molecule has 4 N–H and O–H groups in total. The van der Waals surface area contributed by atoms with E-state index in [9.17, 15) is 0 Å². The summed E-state index contributed by atoms with van der Waals surface area (Å²) in [4.78, 5) is 0. The molecule has 2 nitrogen and oxygen atoms in total. The summed E-state index contributed by atoms with van der Waals surface area (Å²) in [6.45, 7) is 12.9. The third-order valence-corrected chi connectivity index (χ3v) is 12.5. The largest absolute Gasteiger partial charge is 0.399 e. The highest BCUT2D eigenvalue weighted by atomic mass is 14.7. The lowest BCUT2D eigenvalue weighted by Gasteiger charge is -2.61. The second-order valence-corrected chi connectivity index (χ2v) is 15.0. The summed E-state index contributed by atoms with van der Waals surface area (Å²) in [5, 5.41) is 0. The van der Waals surface area contributed by atoms with E-state index in [2.05, 4.69) is 46.8 Å². The molecule has 4 saturated carbocycles. The van der Waals surface area contributed by atoms with Gasteiger partial charge in [-0.25, -0.2) is 0 Å². The third kappa shape index (κ3) is 4.84. The summed E-state index contributed by atoms with van der Waals surface area (Å²) < 4.78 is 0. The number of hydrogen-bond acceptors (Lipinski definition) is 2. The van der Waals surface area contributed by atoms with E-state index in [1.165, 1.54) is 82.6 Å². The van der Waals surface area contributed by atoms with Gasteiger partial charge in [0.15, 0.2) is 0 Å². The Morgan fingerprint density at radius 3 is 2.22 bits per heavy atom. The van der Waals surface area contributed by atoms with Crippen LogP contribution in [0.25, 0.3) is 0 Å². The van der Waals surface area contributed by atoms with Gasteiger partial charge in [-0.05, 0) is 146 Å². The fraction of sp³-hybridized carbons (Fsp3) is 0.824. The average molecular weight is 493 g/mol. The Bertz CT molecular complexity index is 886. The number of fused-ring (bicyclic) bond motifs is 5. The molecule has 4 aliphatic rings. The molecule has 0 bridgehead atoms. The van der Waals surface area contributed by atoms with Crippen LogP contribution in [0.2, 0.25) is 0 Å². The molecule has 0 aromatic heterocycles. The molecule has 5 rings (SSSR count). The van der Waals surface area contributed by atoms with E-state index < -0.39 is 0 Å². The lowest BCUT2D eigenvalue weighted by Crippen LogP contribution is -2.53. The zero-order valence-electron chi connectivity index (χ0n) is 24.2. The third-order valence-electron chi connectivity index (χ3n) is 12.5. The molecule has 202 valence electrons. The molecular formula is C34H56N2. The number of benzene rings is 1. The highest BCUT2D eigenvalue weighted by molar-refractivity contribution is 5.54. The van der Waals surface area contributed by atoms with Gasteiger partial charge in [-0.3, -0.25) is 0 Å². The first kappa shape index (κ1) is 26.4. The fourth-order valence-corrected chi connectivity index (χ4v) is 10.8. The zero-order chi connectivity index (χ0) is 25.7. The predicted molar refractivity (Wildman–Crippen MR) is 156 cm³/mol. The minimum atomic E-state index is 0.580. The van der Waals surface area contributed by atoms with Crippen molar-refractivity contribution in [1.29, 1.82) is 0 Å². The first-order chi connectivity index (χ1) is 17.1. The normalized spacial score (nSPS) is 40.9. The van der Waals surface area contributed by atoms with Gasteiger partial charge in [-0.2, -0.15) is 0 Å². The molecule has 36 heavy (non-hydrogen) atoms. The van der Waals surface area contributed by atoms with Crippen LogP contribution in [-0.2, 0) is 6.42 Å². The van der Waals surface area contributed by atoms with Gasteiger partial charge in [-0.1, -0.05) is 53.9 Å². The van der Waals surface area contributed by atoms with Gasteiger partial charge < -0.3 is 11.5 Å². The van der Waals surface area contributed by atoms with Gasteiger partial charge >= 0.3 is 0 Å². The molecule has 0 spiro atoms. The van der Waals surface area contributed by atoms with Crippen LogP contribution >= 0.6 is 0 Å². The molecule has 4 fully saturated rings. The number of rotatable bonds is 7. The maximum Gasteiger partial charge on any atom is 0.0337 e. The summed E-state index contributed by atoms with van der Waals surface area (Å²) in [5.74, 6) is 7.46. The van der Waals surface area contributed by atoms with Crippen LogP contribution in [0, 0.1) is 58.2 Å². The Morgan fingerprint density at radius 2 is 1.50 bits per heavy atom. The quantitative estimate of drug-likeness (QED) is 0.373. The highest BCUT2D eigenvalue weighted by Crippen LogP contribution is 2.68. The van der Waals surface area contributed by atoms with Crippen molar-refractivity contribution in [3.63, 3.8) is 0 Å². The molecule has 0 amide bonds. The van der Waals surface area contributed by atoms with E-state index in [0.717, 1.165) is 65.1 Å². The van der Waals surface area contributed by atoms with Crippen LogP contribution in [0.3, 0.4) is 0 Å². The van der Waals surface area contributed by atoms with Gasteiger partial charge in [0.2, 0.25) is 0 Å². The Balaban J connectivity index is 1.24. The van der Waals surface area contributed by atoms with E-state index in [1.54, 1.807) is 0 Å². The maximum atomic E-state index is 6.10. The molecule has 1 aromatic rings. The second-order valence-electron chi connectivity index (χ2n) is 15.0. The first-order valence-corrected chi connectivity index (χ1v) is 15.7. The SMILES string of the molecule is CC(C)CCCC(C)C1CCC2C3CCC4CC(Cc5cc(N)cc(N)c5)CCC4(C)C3CCC12C. The van der Waals surface area contributed by atoms with Crippen LogP contribution in [-0.4, -0.2) is 0 Å². The molecule has 0 aliphatic heterocycles. The van der Waals surface area contributed by atoms with Gasteiger partial charge in [0.1, 0.15) is 0 Å². The van der Waals surface area contributed by atoms with Crippen molar-refractivity contribution in [1.82, 2.24) is 0 Å². The molecule has 0 heterocycles. The fourth-order valence-electron chi connectivity index (χ4n) is 10.8. The number of nitrogens with two attached hydrogens (primary N) is 2. The molecule has 0 radical (unpaired) electrons. The van der Waals surface area contributed by atoms with Crippen LogP contribution in [0.4, 0.5) is 11.4 Å². The van der Waals surface area contributed by atoms with Crippen molar-refractivity contribution < 1.29 is 0 Å². The lowest BCUT2D eigenvalue weighted by molar-refractivity contribution is -0.121. The van der Waals surface area contributed by atoms with Crippen molar-refractivity contribution in [2.24, 2.45) is 58.2 Å². The molecule has 0 saturated heterocycles. The van der Waals surface area contributed by atoms with Crippen molar-refractivity contribution in [2.45, 2.75) is 118 Å². The first-order valence-electron chi connectivity index (χ1n) is 15.7. The van der Waals surface area contributed by atoms with Crippen LogP contribution in [0.15, 0.2) is 18.2 Å². The number of anilines is 2. The van der Waals surface area contributed by atoms with Crippen molar-refractivity contribution in [2.75, 3.05) is 11.5 Å². The van der Waals surface area contributed by atoms with Crippen LogP contribution in [0.5, 0.6) is 0 Å². The summed E-state index contributed by atoms with van der Waals surface area (Å²) in [7, 11) is 0. The monoisotopic (exact) mass is 492 g/mol. The van der Waals surface area contributed by atoms with Crippen molar-refractivity contribution in [3.8, 4) is 0 Å². The molecule has 9 atom stereocenters. The molecular weight excluding hydrogens is 436 g/mol. The van der Waals surface area contributed by atoms with E-state index in [1.807, 2.05) is 6.07 Å². The second kappa shape index (κ2) is 10.2. The highest BCUT2D eigenvalue weighted by Gasteiger charge is 2.60. The van der Waals surface area contributed by atoms with Crippen molar-refractivity contribution >= 4 is 11.4 Å². The number of nitrogen functional groups attached to an aromatic ring is 2. The van der Waals surface area contributed by atoms with E-state index in [-0.39, 0.29) is 0 Å². The van der Waals surface area contributed by atoms with E-state index >= 15 is 0 Å². The number of hydrogen-bond donors (Lipinski definition) is 2. The van der Waals surface area contributed by atoms with E-state index in [0.29, 0.717) is 10.8 Å². The summed E-state index contributed by atoms with van der Waals surface area (Å²) >= 11 is 0. The molecule has 2 heteroatoms. The minimum Gasteiger partial charge on any atom is -0.399 e. The van der Waals surface area contributed by atoms with Crippen LogP contribution < -0.4 is 11.5 Å². The summed E-state index contributed by atoms with van der Waals surface area (Å²) in [6.07, 6.45) is 18.8. The molecule has 9 unspecified atom stereocenters. The van der Waals surface area contributed by atoms with Crippen LogP contribution in [0.1, 0.15) is 117 Å². The van der Waals surface area contributed by atoms with E-state index in [4.69, 9.17) is 11.5 Å². The maximum absolute atomic E-state index is 6.10. The zero-order valence-corrected chi connectivity index (χ0v) is 24.2. The topological polar surface area (TPSA) is 52.0 Å². The molecule has 4 aliphatic carbocycles. The summed E-state index contributed by atoms with van der Waals surface area (Å²) in [6, 6.07) is 6.20. The molecule has 1 aromatic carbocycles. The smallest absolute Gasteiger partial charge is 0.0337 e. The van der Waals surface area contributed by atoms with Gasteiger partial charge in [0.25, 0.3) is 0 Å². The Hall–Kier alpha value is -1.18. The summed E-state index contributed by atoms with van der Waals surface area (Å²) in [5.41, 5.74) is 16.4. The van der Waals surface area contributed by atoms with Crippen molar-refractivity contribution in [3.05, 3.63) is 23.8 Å². The van der Waals surface area contributed by atoms with Gasteiger partial charge in [0, 0.05) is 11.4 Å². The van der Waals surface area contributed by atoms with Gasteiger partial charge in [-0.15, -0.1) is 0 Å². The van der Waals surface area contributed by atoms with Gasteiger partial charge in [0.05, 0.1) is 0 Å². The lowest BCUT2D eigenvalue weighted by atomic mass is 9.44. The minimum absolute atomic E-state index is 0.580. The standard InChI is InChI=1S/C34H56N2/c1-22(2)7-6-8-23(3)30-11-12-31-29-10-9-26-18-24(17-25-19-27(35)21-28(36)20-25)13-15-33(26,4)32(29)14-16-34(30,31)5/h19-24,26,29-32H,6-18,35-36H2,1-5H3. The average Bonchev–Trinajstić information content (AvgIpc) is 3.15. The Labute approximate surface area is 222 Å².